The molecule has 0 bridgehead atoms. The number of hydrogen-bond donors (Lipinski definition) is 0. The van der Waals surface area contributed by atoms with Crippen LogP contribution < -0.4 is 0 Å². The van der Waals surface area contributed by atoms with Crippen LogP contribution in [0.25, 0.3) is 0 Å². The highest BCUT2D eigenvalue weighted by Crippen LogP contribution is 2.36. The van der Waals surface area contributed by atoms with Crippen molar-refractivity contribution in [1.82, 2.24) is 0 Å². The van der Waals surface area contributed by atoms with E-state index < -0.39 is 0 Å². The molecule has 0 N–H and O–H groups in total. The molecule has 1 aromatic rings. The number of Topliss-reactive ketones (excluding diaryl/α,β-unsaturated/α-hetero) is 1. The zero-order chi connectivity index (χ0) is 14.7. The fraction of sp³-hybridized carbons (Fsp3) is 0.611. The molecular weight excluding hydrogens is 232 g/mol. The molecular formula is C18H28O. The maximum Gasteiger partial charge on any atom is 0.141 e. The van der Waals surface area contributed by atoms with Crippen molar-refractivity contribution in [1.29, 1.82) is 0 Å². The fourth-order valence-electron chi connectivity index (χ4n) is 2.44. The van der Waals surface area contributed by atoms with E-state index in [2.05, 4.69) is 45.0 Å². The smallest absolute Gasteiger partial charge is 0.141 e. The SMILES string of the molecule is CC(C)(C)C(=O)C(CCc1ccccc1)C(C)(C)C. The average molecular weight is 260 g/mol. The van der Waals surface area contributed by atoms with E-state index in [-0.39, 0.29) is 16.7 Å². The van der Waals surface area contributed by atoms with Crippen molar-refractivity contribution in [3.8, 4) is 0 Å². The van der Waals surface area contributed by atoms with Crippen LogP contribution in [0.3, 0.4) is 0 Å². The van der Waals surface area contributed by atoms with E-state index in [4.69, 9.17) is 0 Å². The van der Waals surface area contributed by atoms with Gasteiger partial charge in [0.05, 0.1) is 0 Å². The second kappa shape index (κ2) is 5.90. The summed E-state index contributed by atoms with van der Waals surface area (Å²) in [7, 11) is 0. The Bertz CT molecular complexity index is 404. The minimum Gasteiger partial charge on any atom is -0.299 e. The number of carbonyl (C=O) groups is 1. The third kappa shape index (κ3) is 4.81. The lowest BCUT2D eigenvalue weighted by molar-refractivity contribution is -0.134. The van der Waals surface area contributed by atoms with E-state index >= 15 is 0 Å². The van der Waals surface area contributed by atoms with Crippen molar-refractivity contribution in [3.63, 3.8) is 0 Å². The standard InChI is InChI=1S/C18H28O/c1-17(2,3)15(16(19)18(4,5)6)13-12-14-10-8-7-9-11-14/h7-11,15H,12-13H2,1-6H3. The van der Waals surface area contributed by atoms with E-state index in [0.717, 1.165) is 12.8 Å². The molecule has 1 unspecified atom stereocenters. The normalized spacial score (nSPS) is 14.2. The molecule has 0 radical (unpaired) electrons. The van der Waals surface area contributed by atoms with Gasteiger partial charge < -0.3 is 0 Å². The molecule has 0 saturated carbocycles. The van der Waals surface area contributed by atoms with Gasteiger partial charge in [0.15, 0.2) is 0 Å². The lowest BCUT2D eigenvalue weighted by atomic mass is 9.69. The summed E-state index contributed by atoms with van der Waals surface area (Å²) >= 11 is 0. The first-order valence-electron chi connectivity index (χ1n) is 7.20. The number of benzene rings is 1. The summed E-state index contributed by atoms with van der Waals surface area (Å²) in [6, 6.07) is 10.4. The summed E-state index contributed by atoms with van der Waals surface area (Å²) in [4.78, 5) is 12.6. The quantitative estimate of drug-likeness (QED) is 0.752. The zero-order valence-electron chi connectivity index (χ0n) is 13.3. The van der Waals surface area contributed by atoms with Gasteiger partial charge in [0, 0.05) is 11.3 Å². The van der Waals surface area contributed by atoms with Crippen LogP contribution in [0.5, 0.6) is 0 Å². The first-order valence-corrected chi connectivity index (χ1v) is 7.20. The predicted octanol–water partition coefficient (Wildman–Crippen LogP) is 4.90. The van der Waals surface area contributed by atoms with Gasteiger partial charge in [0.1, 0.15) is 5.78 Å². The van der Waals surface area contributed by atoms with Crippen molar-refractivity contribution in [2.24, 2.45) is 16.7 Å². The van der Waals surface area contributed by atoms with Crippen molar-refractivity contribution < 1.29 is 4.79 Å². The topological polar surface area (TPSA) is 17.1 Å². The van der Waals surface area contributed by atoms with Crippen LogP contribution in [-0.4, -0.2) is 5.78 Å². The highest BCUT2D eigenvalue weighted by Gasteiger charge is 2.36. The first kappa shape index (κ1) is 15.9. The van der Waals surface area contributed by atoms with Crippen molar-refractivity contribution in [3.05, 3.63) is 35.9 Å². The van der Waals surface area contributed by atoms with Crippen molar-refractivity contribution in [2.75, 3.05) is 0 Å². The second-order valence-corrected chi connectivity index (χ2v) is 7.56. The Morgan fingerprint density at radius 3 is 1.95 bits per heavy atom. The Labute approximate surface area is 118 Å². The van der Waals surface area contributed by atoms with Gasteiger partial charge in [-0.05, 0) is 23.8 Å². The van der Waals surface area contributed by atoms with Gasteiger partial charge in [-0.2, -0.15) is 0 Å². The van der Waals surface area contributed by atoms with Gasteiger partial charge in [-0.1, -0.05) is 71.9 Å². The minimum atomic E-state index is -0.255. The summed E-state index contributed by atoms with van der Waals surface area (Å²) < 4.78 is 0. The Balaban J connectivity index is 2.80. The molecule has 0 aliphatic carbocycles. The van der Waals surface area contributed by atoms with Crippen LogP contribution in [0.1, 0.15) is 53.5 Å². The molecule has 0 aliphatic heterocycles. The predicted molar refractivity (Wildman–Crippen MR) is 82.2 cm³/mol. The molecule has 1 heteroatoms. The minimum absolute atomic E-state index is 0.0269. The number of rotatable bonds is 4. The highest BCUT2D eigenvalue weighted by atomic mass is 16.1. The second-order valence-electron chi connectivity index (χ2n) is 7.56. The largest absolute Gasteiger partial charge is 0.299 e. The summed E-state index contributed by atoms with van der Waals surface area (Å²) in [5, 5.41) is 0. The molecule has 1 nitrogen and oxygen atoms in total. The monoisotopic (exact) mass is 260 g/mol. The number of ketones is 1. The van der Waals surface area contributed by atoms with Crippen LogP contribution >= 0.6 is 0 Å². The molecule has 0 fully saturated rings. The van der Waals surface area contributed by atoms with Gasteiger partial charge in [0.2, 0.25) is 0 Å². The molecule has 0 spiro atoms. The molecule has 0 saturated heterocycles. The van der Waals surface area contributed by atoms with E-state index in [1.807, 2.05) is 26.8 Å². The van der Waals surface area contributed by atoms with Gasteiger partial charge in [-0.25, -0.2) is 0 Å². The highest BCUT2D eigenvalue weighted by molar-refractivity contribution is 5.86. The third-order valence-electron chi connectivity index (χ3n) is 3.67. The average Bonchev–Trinajstić information content (AvgIpc) is 2.27. The number of carbonyl (C=O) groups excluding carboxylic acids is 1. The summed E-state index contributed by atoms with van der Waals surface area (Å²) in [5.74, 6) is 0.503. The molecule has 0 heterocycles. The lowest BCUT2D eigenvalue weighted by Gasteiger charge is -2.34. The molecule has 1 atom stereocenters. The Kier molecular flexibility index (Phi) is 4.95. The molecule has 0 aliphatic rings. The van der Waals surface area contributed by atoms with Gasteiger partial charge in [-0.3, -0.25) is 4.79 Å². The van der Waals surface area contributed by atoms with Crippen LogP contribution in [-0.2, 0) is 11.2 Å². The summed E-state index contributed by atoms with van der Waals surface area (Å²) in [5.41, 5.74) is 1.09. The first-order chi connectivity index (χ1) is 8.62. The molecule has 0 aromatic heterocycles. The fourth-order valence-corrected chi connectivity index (χ4v) is 2.44. The number of aryl methyl sites for hydroxylation is 1. The molecule has 106 valence electrons. The van der Waals surface area contributed by atoms with Gasteiger partial charge >= 0.3 is 0 Å². The van der Waals surface area contributed by atoms with Crippen LogP contribution in [0.15, 0.2) is 30.3 Å². The molecule has 1 rings (SSSR count). The lowest BCUT2D eigenvalue weighted by Crippen LogP contribution is -2.36. The van der Waals surface area contributed by atoms with Crippen LogP contribution in [0.2, 0.25) is 0 Å². The van der Waals surface area contributed by atoms with E-state index in [1.165, 1.54) is 5.56 Å². The maximum atomic E-state index is 12.6. The van der Waals surface area contributed by atoms with E-state index in [9.17, 15) is 4.79 Å². The van der Waals surface area contributed by atoms with Crippen LogP contribution in [0.4, 0.5) is 0 Å². The Morgan fingerprint density at radius 1 is 1.00 bits per heavy atom. The molecule has 19 heavy (non-hydrogen) atoms. The molecule has 0 amide bonds. The summed E-state index contributed by atoms with van der Waals surface area (Å²) in [6.07, 6.45) is 1.91. The van der Waals surface area contributed by atoms with Crippen molar-refractivity contribution >= 4 is 5.78 Å². The van der Waals surface area contributed by atoms with Crippen molar-refractivity contribution in [2.45, 2.75) is 54.4 Å². The van der Waals surface area contributed by atoms with Gasteiger partial charge in [0.25, 0.3) is 0 Å². The Morgan fingerprint density at radius 2 is 1.53 bits per heavy atom. The molecule has 1 aromatic carbocycles. The third-order valence-corrected chi connectivity index (χ3v) is 3.67. The zero-order valence-corrected chi connectivity index (χ0v) is 13.3. The maximum absolute atomic E-state index is 12.6. The van der Waals surface area contributed by atoms with E-state index in [1.54, 1.807) is 0 Å². The van der Waals surface area contributed by atoms with E-state index in [0.29, 0.717) is 5.78 Å². The number of hydrogen-bond acceptors (Lipinski definition) is 1. The van der Waals surface area contributed by atoms with Crippen LogP contribution in [0, 0.1) is 16.7 Å². The summed E-state index contributed by atoms with van der Waals surface area (Å²) in [6.45, 7) is 12.6. The Hall–Kier alpha value is -1.11. The van der Waals surface area contributed by atoms with Gasteiger partial charge in [-0.15, -0.1) is 0 Å².